The second kappa shape index (κ2) is 10.9. The van der Waals surface area contributed by atoms with Gasteiger partial charge in [0.15, 0.2) is 16.6 Å². The topological polar surface area (TPSA) is 107 Å². The van der Waals surface area contributed by atoms with Crippen molar-refractivity contribution in [3.05, 3.63) is 47.5 Å². The number of thiocarbonyl (C=S) groups is 1. The van der Waals surface area contributed by atoms with Crippen LogP contribution in [0.1, 0.15) is 27.6 Å². The van der Waals surface area contributed by atoms with Gasteiger partial charge in [-0.05, 0) is 43.4 Å². The SMILES string of the molecule is CCOc1ccccc1C(=O)NC(=S)NNC(=O)c1cc(OC)c(OC)c(OC)c1. The number of para-hydroxylation sites is 1. The van der Waals surface area contributed by atoms with Crippen LogP contribution in [0.5, 0.6) is 23.0 Å². The summed E-state index contributed by atoms with van der Waals surface area (Å²) in [7, 11) is 4.36. The molecule has 9 nitrogen and oxygen atoms in total. The number of ether oxygens (including phenoxy) is 4. The van der Waals surface area contributed by atoms with Crippen LogP contribution in [-0.4, -0.2) is 44.9 Å². The summed E-state index contributed by atoms with van der Waals surface area (Å²) in [6.45, 7) is 2.23. The van der Waals surface area contributed by atoms with Gasteiger partial charge in [0.05, 0.1) is 33.5 Å². The summed E-state index contributed by atoms with van der Waals surface area (Å²) in [5.41, 5.74) is 5.44. The van der Waals surface area contributed by atoms with E-state index in [2.05, 4.69) is 16.2 Å². The molecule has 30 heavy (non-hydrogen) atoms. The lowest BCUT2D eigenvalue weighted by molar-refractivity contribution is 0.0933. The van der Waals surface area contributed by atoms with Crippen molar-refractivity contribution < 1.29 is 28.5 Å². The molecule has 0 aliphatic heterocycles. The number of rotatable bonds is 7. The largest absolute Gasteiger partial charge is 0.493 e. The number of nitrogens with one attached hydrogen (secondary N) is 3. The molecule has 2 amide bonds. The van der Waals surface area contributed by atoms with E-state index in [4.69, 9.17) is 31.2 Å². The number of carbonyl (C=O) groups is 2. The fourth-order valence-electron chi connectivity index (χ4n) is 2.54. The molecule has 0 heterocycles. The number of benzene rings is 2. The van der Waals surface area contributed by atoms with E-state index in [1.165, 1.54) is 33.5 Å². The molecule has 0 aromatic heterocycles. The highest BCUT2D eigenvalue weighted by atomic mass is 32.1. The summed E-state index contributed by atoms with van der Waals surface area (Å²) >= 11 is 5.08. The smallest absolute Gasteiger partial charge is 0.269 e. The first kappa shape index (κ1) is 22.8. The quantitative estimate of drug-likeness (QED) is 0.450. The van der Waals surface area contributed by atoms with Crippen molar-refractivity contribution in [1.82, 2.24) is 16.2 Å². The number of amides is 2. The summed E-state index contributed by atoms with van der Waals surface area (Å²) in [6, 6.07) is 9.73. The fraction of sp³-hybridized carbons (Fsp3) is 0.250. The van der Waals surface area contributed by atoms with E-state index < -0.39 is 11.8 Å². The van der Waals surface area contributed by atoms with Crippen molar-refractivity contribution in [3.8, 4) is 23.0 Å². The third-order valence-electron chi connectivity index (χ3n) is 3.88. The van der Waals surface area contributed by atoms with Crippen LogP contribution >= 0.6 is 12.2 Å². The highest BCUT2D eigenvalue weighted by molar-refractivity contribution is 7.80. The van der Waals surface area contributed by atoms with Crippen LogP contribution in [0, 0.1) is 0 Å². The molecule has 0 aliphatic carbocycles. The van der Waals surface area contributed by atoms with Gasteiger partial charge in [-0.25, -0.2) is 0 Å². The predicted octanol–water partition coefficient (Wildman–Crippen LogP) is 2.06. The second-order valence-corrected chi connectivity index (χ2v) is 6.11. The van der Waals surface area contributed by atoms with Crippen LogP contribution < -0.4 is 35.1 Å². The minimum atomic E-state index is -0.527. The molecule has 2 aromatic carbocycles. The van der Waals surface area contributed by atoms with Crippen molar-refractivity contribution in [2.45, 2.75) is 6.92 Å². The number of hydrazine groups is 1. The van der Waals surface area contributed by atoms with Gasteiger partial charge >= 0.3 is 0 Å². The lowest BCUT2D eigenvalue weighted by Crippen LogP contribution is -2.48. The maximum atomic E-state index is 12.5. The normalized spacial score (nSPS) is 9.87. The van der Waals surface area contributed by atoms with E-state index in [0.29, 0.717) is 35.2 Å². The van der Waals surface area contributed by atoms with Gasteiger partial charge in [-0.1, -0.05) is 12.1 Å². The Morgan fingerprint density at radius 2 is 1.53 bits per heavy atom. The summed E-state index contributed by atoms with van der Waals surface area (Å²) in [5.74, 6) is 0.442. The number of methoxy groups -OCH3 is 3. The zero-order valence-electron chi connectivity index (χ0n) is 17.0. The van der Waals surface area contributed by atoms with Crippen LogP contribution in [0.15, 0.2) is 36.4 Å². The number of hydrogen-bond donors (Lipinski definition) is 3. The summed E-state index contributed by atoms with van der Waals surface area (Å²) in [6.07, 6.45) is 0. The maximum absolute atomic E-state index is 12.5. The molecule has 2 rings (SSSR count). The van der Waals surface area contributed by atoms with Crippen molar-refractivity contribution in [2.75, 3.05) is 27.9 Å². The Morgan fingerprint density at radius 1 is 0.900 bits per heavy atom. The molecular formula is C20H23N3O6S. The third kappa shape index (κ3) is 5.51. The summed E-state index contributed by atoms with van der Waals surface area (Å²) < 4.78 is 21.1. The van der Waals surface area contributed by atoms with E-state index >= 15 is 0 Å². The second-order valence-electron chi connectivity index (χ2n) is 5.71. The van der Waals surface area contributed by atoms with Crippen LogP contribution in [0.4, 0.5) is 0 Å². The van der Waals surface area contributed by atoms with E-state index in [1.54, 1.807) is 24.3 Å². The van der Waals surface area contributed by atoms with Gasteiger partial charge in [0.1, 0.15) is 5.75 Å². The molecule has 0 aliphatic rings. The zero-order valence-corrected chi connectivity index (χ0v) is 17.8. The molecule has 0 atom stereocenters. The Hall–Kier alpha value is -3.53. The van der Waals surface area contributed by atoms with Crippen LogP contribution in [-0.2, 0) is 0 Å². The van der Waals surface area contributed by atoms with Crippen molar-refractivity contribution in [1.29, 1.82) is 0 Å². The van der Waals surface area contributed by atoms with Crippen LogP contribution in [0.2, 0.25) is 0 Å². The van der Waals surface area contributed by atoms with Gasteiger partial charge in [0.2, 0.25) is 5.75 Å². The minimum absolute atomic E-state index is 0.0907. The standard InChI is InChI=1S/C20H23N3O6S/c1-5-29-14-9-7-6-8-13(14)19(25)21-20(30)23-22-18(24)12-10-15(26-2)17(28-4)16(11-12)27-3/h6-11H,5H2,1-4H3,(H,22,24)(H2,21,23,25,30). The van der Waals surface area contributed by atoms with Crippen LogP contribution in [0.3, 0.4) is 0 Å². The Kier molecular flexibility index (Phi) is 8.24. The molecule has 0 saturated heterocycles. The molecular weight excluding hydrogens is 410 g/mol. The maximum Gasteiger partial charge on any atom is 0.269 e. The number of carbonyl (C=O) groups excluding carboxylic acids is 2. The molecule has 0 spiro atoms. The first-order chi connectivity index (χ1) is 14.4. The van der Waals surface area contributed by atoms with Crippen molar-refractivity contribution >= 4 is 29.1 Å². The van der Waals surface area contributed by atoms with E-state index in [-0.39, 0.29) is 10.7 Å². The van der Waals surface area contributed by atoms with Gasteiger partial charge in [-0.2, -0.15) is 0 Å². The van der Waals surface area contributed by atoms with Gasteiger partial charge in [-0.3, -0.25) is 25.8 Å². The van der Waals surface area contributed by atoms with Crippen molar-refractivity contribution in [3.63, 3.8) is 0 Å². The summed E-state index contributed by atoms with van der Waals surface area (Å²) in [4.78, 5) is 24.9. The lowest BCUT2D eigenvalue weighted by Gasteiger charge is -2.15. The van der Waals surface area contributed by atoms with E-state index in [1.807, 2.05) is 6.92 Å². The molecule has 0 radical (unpaired) electrons. The molecule has 3 N–H and O–H groups in total. The molecule has 0 saturated carbocycles. The van der Waals surface area contributed by atoms with Gasteiger partial charge in [0, 0.05) is 5.56 Å². The lowest BCUT2D eigenvalue weighted by atomic mass is 10.1. The van der Waals surface area contributed by atoms with Crippen LogP contribution in [0.25, 0.3) is 0 Å². The Labute approximate surface area is 179 Å². The molecule has 0 bridgehead atoms. The molecule has 0 fully saturated rings. The Balaban J connectivity index is 2.03. The van der Waals surface area contributed by atoms with E-state index in [9.17, 15) is 9.59 Å². The Morgan fingerprint density at radius 3 is 2.10 bits per heavy atom. The average molecular weight is 433 g/mol. The molecule has 160 valence electrons. The first-order valence-corrected chi connectivity index (χ1v) is 9.29. The first-order valence-electron chi connectivity index (χ1n) is 8.88. The van der Waals surface area contributed by atoms with E-state index in [0.717, 1.165) is 0 Å². The van der Waals surface area contributed by atoms with Gasteiger partial charge in [-0.15, -0.1) is 0 Å². The van der Waals surface area contributed by atoms with Gasteiger partial charge in [0.25, 0.3) is 11.8 Å². The molecule has 10 heteroatoms. The Bertz CT molecular complexity index is 910. The minimum Gasteiger partial charge on any atom is -0.493 e. The highest BCUT2D eigenvalue weighted by Crippen LogP contribution is 2.38. The zero-order chi connectivity index (χ0) is 22.1. The fourth-order valence-corrected chi connectivity index (χ4v) is 2.68. The monoisotopic (exact) mass is 433 g/mol. The average Bonchev–Trinajstić information content (AvgIpc) is 2.76. The third-order valence-corrected chi connectivity index (χ3v) is 4.08. The summed E-state index contributed by atoms with van der Waals surface area (Å²) in [5, 5.41) is 2.39. The predicted molar refractivity (Wildman–Crippen MR) is 114 cm³/mol. The molecule has 0 unspecified atom stereocenters. The number of hydrogen-bond acceptors (Lipinski definition) is 7. The van der Waals surface area contributed by atoms with Gasteiger partial charge < -0.3 is 18.9 Å². The van der Waals surface area contributed by atoms with Crippen molar-refractivity contribution in [2.24, 2.45) is 0 Å². The highest BCUT2D eigenvalue weighted by Gasteiger charge is 2.18. The molecule has 2 aromatic rings.